The van der Waals surface area contributed by atoms with Crippen LogP contribution in [0.25, 0.3) is 0 Å². The van der Waals surface area contributed by atoms with Gasteiger partial charge in [0.1, 0.15) is 11.4 Å². The third kappa shape index (κ3) is 4.31. The van der Waals surface area contributed by atoms with Gasteiger partial charge >= 0.3 is 0 Å². The van der Waals surface area contributed by atoms with E-state index in [1.807, 2.05) is 12.1 Å². The van der Waals surface area contributed by atoms with Crippen molar-refractivity contribution in [1.82, 2.24) is 15.2 Å². The topological polar surface area (TPSA) is 63.7 Å². The second-order valence-corrected chi connectivity index (χ2v) is 7.97. The van der Waals surface area contributed by atoms with E-state index < -0.39 is 0 Å². The van der Waals surface area contributed by atoms with Gasteiger partial charge in [-0.05, 0) is 36.6 Å². The molecular weight excluding hydrogens is 362 g/mol. The molecule has 1 amide bonds. The molecule has 2 aliphatic rings. The first-order valence-electron chi connectivity index (χ1n) is 9.36. The molecule has 7 heteroatoms. The Labute approximate surface area is 163 Å². The van der Waals surface area contributed by atoms with Crippen molar-refractivity contribution in [3.05, 3.63) is 46.4 Å². The van der Waals surface area contributed by atoms with Crippen LogP contribution in [-0.2, 0) is 11.3 Å². The van der Waals surface area contributed by atoms with E-state index in [9.17, 15) is 4.79 Å². The van der Waals surface area contributed by atoms with Crippen LogP contribution in [0.4, 0.5) is 0 Å². The Morgan fingerprint density at radius 3 is 3.22 bits per heavy atom. The van der Waals surface area contributed by atoms with E-state index in [-0.39, 0.29) is 12.0 Å². The Morgan fingerprint density at radius 2 is 2.41 bits per heavy atom. The highest BCUT2D eigenvalue weighted by Crippen LogP contribution is 2.34. The summed E-state index contributed by atoms with van der Waals surface area (Å²) in [5.74, 6) is 1.84. The van der Waals surface area contributed by atoms with Crippen LogP contribution in [0.2, 0.25) is 0 Å². The molecule has 2 aromatic rings. The predicted molar refractivity (Wildman–Crippen MR) is 104 cm³/mol. The standard InChI is InChI=1S/C20H25N3O3S/c1-25-16-4-2-3-14(7-16)9-23-6-5-17-15(10-23)11-26-19(17)8-21-20(24)18-12-27-13-22-18/h2-4,7,12-13,15,17,19H,5-6,8-11H2,1H3,(H,21,24)/t15-,17-,19+/m1/s1. The minimum atomic E-state index is -0.112. The smallest absolute Gasteiger partial charge is 0.270 e. The minimum Gasteiger partial charge on any atom is -0.497 e. The number of thiazole rings is 1. The fourth-order valence-electron chi connectivity index (χ4n) is 4.15. The number of nitrogens with zero attached hydrogens (tertiary/aromatic N) is 2. The number of likely N-dealkylation sites (tertiary alicyclic amines) is 1. The first-order chi connectivity index (χ1) is 13.2. The molecule has 1 aromatic heterocycles. The number of amides is 1. The monoisotopic (exact) mass is 387 g/mol. The molecule has 6 nitrogen and oxygen atoms in total. The lowest BCUT2D eigenvalue weighted by atomic mass is 9.84. The van der Waals surface area contributed by atoms with Crippen LogP contribution in [0.15, 0.2) is 35.2 Å². The maximum atomic E-state index is 12.1. The highest BCUT2D eigenvalue weighted by molar-refractivity contribution is 7.07. The number of methoxy groups -OCH3 is 1. The Kier molecular flexibility index (Phi) is 5.71. The number of aromatic nitrogens is 1. The molecule has 0 saturated carbocycles. The molecule has 0 bridgehead atoms. The van der Waals surface area contributed by atoms with Crippen LogP contribution in [0.3, 0.4) is 0 Å². The van der Waals surface area contributed by atoms with Gasteiger partial charge in [0.2, 0.25) is 0 Å². The molecule has 3 heterocycles. The average molecular weight is 388 g/mol. The molecule has 2 saturated heterocycles. The van der Waals surface area contributed by atoms with Crippen molar-refractivity contribution in [1.29, 1.82) is 0 Å². The van der Waals surface area contributed by atoms with Gasteiger partial charge in [0.25, 0.3) is 5.91 Å². The summed E-state index contributed by atoms with van der Waals surface area (Å²) in [6.45, 7) is 4.37. The van der Waals surface area contributed by atoms with Crippen molar-refractivity contribution in [3.63, 3.8) is 0 Å². The van der Waals surface area contributed by atoms with E-state index in [0.717, 1.165) is 38.4 Å². The van der Waals surface area contributed by atoms with Crippen LogP contribution in [0.1, 0.15) is 22.5 Å². The van der Waals surface area contributed by atoms with Crippen molar-refractivity contribution in [3.8, 4) is 5.75 Å². The Hall–Kier alpha value is -1.96. The summed E-state index contributed by atoms with van der Waals surface area (Å²) in [6, 6.07) is 8.27. The maximum Gasteiger partial charge on any atom is 0.270 e. The number of fused-ring (bicyclic) bond motifs is 1. The van der Waals surface area contributed by atoms with E-state index in [1.54, 1.807) is 18.0 Å². The third-order valence-corrected chi connectivity index (χ3v) is 6.13. The van der Waals surface area contributed by atoms with Crippen molar-refractivity contribution in [2.45, 2.75) is 19.1 Å². The van der Waals surface area contributed by atoms with Gasteiger partial charge in [-0.25, -0.2) is 4.98 Å². The largest absolute Gasteiger partial charge is 0.497 e. The fraction of sp³-hybridized carbons (Fsp3) is 0.500. The molecule has 1 N–H and O–H groups in total. The first-order valence-corrected chi connectivity index (χ1v) is 10.3. The van der Waals surface area contributed by atoms with Gasteiger partial charge < -0.3 is 14.8 Å². The quantitative estimate of drug-likeness (QED) is 0.825. The molecule has 2 fully saturated rings. The van der Waals surface area contributed by atoms with Crippen molar-refractivity contribution < 1.29 is 14.3 Å². The van der Waals surface area contributed by atoms with Crippen LogP contribution in [0.5, 0.6) is 5.75 Å². The molecule has 3 atom stereocenters. The number of rotatable bonds is 6. The molecule has 0 radical (unpaired) electrons. The molecule has 27 heavy (non-hydrogen) atoms. The summed E-state index contributed by atoms with van der Waals surface area (Å²) >= 11 is 1.43. The number of ether oxygens (including phenoxy) is 2. The number of piperidine rings is 1. The van der Waals surface area contributed by atoms with Gasteiger partial charge in [-0.1, -0.05) is 12.1 Å². The lowest BCUT2D eigenvalue weighted by Gasteiger charge is -2.35. The van der Waals surface area contributed by atoms with Crippen LogP contribution < -0.4 is 10.1 Å². The zero-order valence-electron chi connectivity index (χ0n) is 15.5. The lowest BCUT2D eigenvalue weighted by Crippen LogP contribution is -2.43. The minimum absolute atomic E-state index is 0.108. The zero-order chi connectivity index (χ0) is 18.6. The number of nitrogens with one attached hydrogen (secondary N) is 1. The first kappa shape index (κ1) is 18.4. The SMILES string of the molecule is COc1cccc(CN2CC[C@@H]3[C@@H](CO[C@H]3CNC(=O)c3cscn3)C2)c1. The number of hydrogen-bond acceptors (Lipinski definition) is 6. The van der Waals surface area contributed by atoms with Gasteiger partial charge in [0.15, 0.2) is 0 Å². The molecule has 1 aromatic carbocycles. The Bertz CT molecular complexity index is 768. The van der Waals surface area contributed by atoms with Crippen LogP contribution in [0, 0.1) is 11.8 Å². The van der Waals surface area contributed by atoms with Crippen LogP contribution >= 0.6 is 11.3 Å². The maximum absolute atomic E-state index is 12.1. The fourth-order valence-corrected chi connectivity index (χ4v) is 4.69. The number of carbonyl (C=O) groups excluding carboxylic acids is 1. The summed E-state index contributed by atoms with van der Waals surface area (Å²) in [6.07, 6.45) is 1.21. The predicted octanol–water partition coefficient (Wildman–Crippen LogP) is 2.42. The second kappa shape index (κ2) is 8.37. The summed E-state index contributed by atoms with van der Waals surface area (Å²) in [5, 5.41) is 4.75. The molecule has 2 aliphatic heterocycles. The van der Waals surface area contributed by atoms with Gasteiger partial charge in [-0.15, -0.1) is 11.3 Å². The summed E-state index contributed by atoms with van der Waals surface area (Å²) in [5.41, 5.74) is 3.44. The number of carbonyl (C=O) groups is 1. The molecule has 144 valence electrons. The normalized spacial score (nSPS) is 25.1. The third-order valence-electron chi connectivity index (χ3n) is 5.55. The molecule has 0 aliphatic carbocycles. The lowest BCUT2D eigenvalue weighted by molar-refractivity contribution is 0.0741. The van der Waals surface area contributed by atoms with Crippen LogP contribution in [-0.4, -0.2) is 55.2 Å². The summed E-state index contributed by atoms with van der Waals surface area (Å²) < 4.78 is 11.3. The van der Waals surface area contributed by atoms with Crippen molar-refractivity contribution in [2.75, 3.05) is 33.4 Å². The number of hydrogen-bond donors (Lipinski definition) is 1. The van der Waals surface area contributed by atoms with E-state index in [2.05, 4.69) is 27.3 Å². The number of benzene rings is 1. The molecule has 0 unspecified atom stereocenters. The van der Waals surface area contributed by atoms with E-state index in [1.165, 1.54) is 16.9 Å². The Balaban J connectivity index is 1.28. The highest BCUT2D eigenvalue weighted by Gasteiger charge is 2.40. The van der Waals surface area contributed by atoms with Gasteiger partial charge in [-0.2, -0.15) is 0 Å². The Morgan fingerprint density at radius 1 is 1.48 bits per heavy atom. The molecule has 0 spiro atoms. The van der Waals surface area contributed by atoms with Gasteiger partial charge in [-0.3, -0.25) is 9.69 Å². The van der Waals surface area contributed by atoms with E-state index in [0.29, 0.717) is 24.1 Å². The average Bonchev–Trinajstić information content (AvgIpc) is 3.36. The van der Waals surface area contributed by atoms with Gasteiger partial charge in [0.05, 0.1) is 25.3 Å². The van der Waals surface area contributed by atoms with Gasteiger partial charge in [0, 0.05) is 30.9 Å². The zero-order valence-corrected chi connectivity index (χ0v) is 16.3. The second-order valence-electron chi connectivity index (χ2n) is 7.25. The summed E-state index contributed by atoms with van der Waals surface area (Å²) in [4.78, 5) is 18.6. The van der Waals surface area contributed by atoms with E-state index >= 15 is 0 Å². The molecule has 4 rings (SSSR count). The van der Waals surface area contributed by atoms with Crippen molar-refractivity contribution in [2.24, 2.45) is 11.8 Å². The highest BCUT2D eigenvalue weighted by atomic mass is 32.1. The molecular formula is C20H25N3O3S. The van der Waals surface area contributed by atoms with Crippen molar-refractivity contribution >= 4 is 17.2 Å². The summed E-state index contributed by atoms with van der Waals surface area (Å²) in [7, 11) is 1.70. The van der Waals surface area contributed by atoms with E-state index in [4.69, 9.17) is 9.47 Å².